The summed E-state index contributed by atoms with van der Waals surface area (Å²) in [6, 6.07) is 4.69. The number of aryl methyl sites for hydroxylation is 1. The molecule has 98 valence electrons. The average molecular weight is 269 g/mol. The van der Waals surface area contributed by atoms with Gasteiger partial charge in [-0.2, -0.15) is 4.31 Å². The van der Waals surface area contributed by atoms with E-state index in [9.17, 15) is 13.2 Å². The lowest BCUT2D eigenvalue weighted by molar-refractivity contribution is 0.0730. The Hall–Kier alpha value is -1.24. The Kier molecular flexibility index (Phi) is 3.79. The Bertz CT molecular complexity index is 547. The number of hydrogen-bond acceptors (Lipinski definition) is 4. The summed E-state index contributed by atoms with van der Waals surface area (Å²) in [5.74, 6) is 0. The Morgan fingerprint density at radius 1 is 1.28 bits per heavy atom. The summed E-state index contributed by atoms with van der Waals surface area (Å²) in [5.41, 5.74) is 1.01. The lowest BCUT2D eigenvalue weighted by Crippen LogP contribution is -2.40. The smallest absolute Gasteiger partial charge is 0.243 e. The molecule has 1 aromatic carbocycles. The predicted molar refractivity (Wildman–Crippen MR) is 66.1 cm³/mol. The van der Waals surface area contributed by atoms with E-state index in [2.05, 4.69) is 0 Å². The van der Waals surface area contributed by atoms with Crippen LogP contribution >= 0.6 is 0 Å². The fourth-order valence-corrected chi connectivity index (χ4v) is 3.56. The lowest BCUT2D eigenvalue weighted by Gasteiger charge is -2.26. The van der Waals surface area contributed by atoms with Crippen molar-refractivity contribution < 1.29 is 17.9 Å². The maximum atomic E-state index is 12.4. The highest BCUT2D eigenvalue weighted by Gasteiger charge is 2.27. The topological polar surface area (TPSA) is 63.7 Å². The molecule has 18 heavy (non-hydrogen) atoms. The number of nitrogens with zero attached hydrogens (tertiary/aromatic N) is 1. The highest BCUT2D eigenvalue weighted by atomic mass is 32.2. The number of carbonyl (C=O) groups is 1. The Labute approximate surface area is 106 Å². The van der Waals surface area contributed by atoms with Gasteiger partial charge in [0.1, 0.15) is 6.29 Å². The molecule has 1 aliphatic rings. The van der Waals surface area contributed by atoms with E-state index in [-0.39, 0.29) is 4.90 Å². The number of rotatable bonds is 3. The van der Waals surface area contributed by atoms with Crippen molar-refractivity contribution in [3.63, 3.8) is 0 Å². The molecule has 0 unspecified atom stereocenters. The van der Waals surface area contributed by atoms with Gasteiger partial charge in [-0.05, 0) is 18.6 Å². The van der Waals surface area contributed by atoms with Gasteiger partial charge in [0.2, 0.25) is 10.0 Å². The van der Waals surface area contributed by atoms with Gasteiger partial charge in [0.25, 0.3) is 0 Å². The SMILES string of the molecule is Cc1ccc(C=O)cc1S(=O)(=O)N1CCOCC1. The van der Waals surface area contributed by atoms with Gasteiger partial charge in [-0.15, -0.1) is 0 Å². The average Bonchev–Trinajstić information content (AvgIpc) is 2.40. The normalized spacial score (nSPS) is 17.6. The molecular formula is C12H15NO4S. The molecule has 0 bridgehead atoms. The number of hydrogen-bond donors (Lipinski definition) is 0. The second kappa shape index (κ2) is 5.17. The number of sulfonamides is 1. The van der Waals surface area contributed by atoms with Gasteiger partial charge >= 0.3 is 0 Å². The number of ether oxygens (including phenoxy) is 1. The molecule has 1 fully saturated rings. The van der Waals surface area contributed by atoms with E-state index in [0.29, 0.717) is 43.7 Å². The molecule has 5 nitrogen and oxygen atoms in total. The molecule has 1 aromatic rings. The van der Waals surface area contributed by atoms with Crippen LogP contribution in [0.25, 0.3) is 0 Å². The monoisotopic (exact) mass is 269 g/mol. The molecule has 0 spiro atoms. The molecule has 0 N–H and O–H groups in total. The second-order valence-electron chi connectivity index (χ2n) is 4.16. The predicted octanol–water partition coefficient (Wildman–Crippen LogP) is 0.828. The maximum absolute atomic E-state index is 12.4. The van der Waals surface area contributed by atoms with Crippen LogP contribution in [0, 0.1) is 6.92 Å². The number of carbonyl (C=O) groups excluding carboxylic acids is 1. The van der Waals surface area contributed by atoms with E-state index in [0.717, 1.165) is 0 Å². The fourth-order valence-electron chi connectivity index (χ4n) is 1.89. The van der Waals surface area contributed by atoms with Crippen molar-refractivity contribution >= 4 is 16.3 Å². The molecule has 0 atom stereocenters. The molecule has 0 saturated carbocycles. The highest BCUT2D eigenvalue weighted by Crippen LogP contribution is 2.21. The largest absolute Gasteiger partial charge is 0.379 e. The lowest BCUT2D eigenvalue weighted by atomic mass is 10.2. The molecule has 6 heteroatoms. The minimum atomic E-state index is -3.53. The van der Waals surface area contributed by atoms with Crippen molar-refractivity contribution in [2.45, 2.75) is 11.8 Å². The standard InChI is InChI=1S/C12H15NO4S/c1-10-2-3-11(9-14)8-12(10)18(15,16)13-4-6-17-7-5-13/h2-3,8-9H,4-7H2,1H3. The van der Waals surface area contributed by atoms with Gasteiger partial charge in [-0.3, -0.25) is 4.79 Å². The third-order valence-corrected chi connectivity index (χ3v) is 4.98. The van der Waals surface area contributed by atoms with Crippen LogP contribution in [0.2, 0.25) is 0 Å². The van der Waals surface area contributed by atoms with Gasteiger partial charge < -0.3 is 4.74 Å². The van der Waals surface area contributed by atoms with Crippen molar-refractivity contribution in [2.24, 2.45) is 0 Å². The minimum absolute atomic E-state index is 0.203. The molecule has 0 aromatic heterocycles. The van der Waals surface area contributed by atoms with E-state index in [1.807, 2.05) is 0 Å². The molecule has 0 amide bonds. The van der Waals surface area contributed by atoms with Crippen LogP contribution < -0.4 is 0 Å². The van der Waals surface area contributed by atoms with Crippen molar-refractivity contribution in [3.05, 3.63) is 29.3 Å². The van der Waals surface area contributed by atoms with Gasteiger partial charge in [0, 0.05) is 18.7 Å². The van der Waals surface area contributed by atoms with Crippen LogP contribution in [-0.4, -0.2) is 45.3 Å². The van der Waals surface area contributed by atoms with E-state index >= 15 is 0 Å². The molecule has 0 radical (unpaired) electrons. The van der Waals surface area contributed by atoms with Crippen LogP contribution in [0.4, 0.5) is 0 Å². The van der Waals surface area contributed by atoms with Gasteiger partial charge in [0.05, 0.1) is 18.1 Å². The molecule has 1 aliphatic heterocycles. The summed E-state index contributed by atoms with van der Waals surface area (Å²) in [6.45, 7) is 3.25. The van der Waals surface area contributed by atoms with Gasteiger partial charge in [-0.1, -0.05) is 12.1 Å². The summed E-state index contributed by atoms with van der Waals surface area (Å²) in [7, 11) is -3.53. The highest BCUT2D eigenvalue weighted by molar-refractivity contribution is 7.89. The maximum Gasteiger partial charge on any atom is 0.243 e. The van der Waals surface area contributed by atoms with E-state index < -0.39 is 10.0 Å². The molecule has 1 heterocycles. The first kappa shape index (κ1) is 13.2. The first-order chi connectivity index (χ1) is 8.55. The first-order valence-electron chi connectivity index (χ1n) is 5.69. The molecule has 1 saturated heterocycles. The zero-order chi connectivity index (χ0) is 13.2. The summed E-state index contributed by atoms with van der Waals surface area (Å²) in [6.07, 6.45) is 0.651. The second-order valence-corrected chi connectivity index (χ2v) is 6.07. The van der Waals surface area contributed by atoms with Gasteiger partial charge in [0.15, 0.2) is 0 Å². The zero-order valence-corrected chi connectivity index (χ0v) is 10.9. The van der Waals surface area contributed by atoms with Crippen LogP contribution in [0.15, 0.2) is 23.1 Å². The van der Waals surface area contributed by atoms with Crippen LogP contribution in [0.3, 0.4) is 0 Å². The molecule has 0 aliphatic carbocycles. The van der Waals surface area contributed by atoms with Crippen molar-refractivity contribution in [3.8, 4) is 0 Å². The third-order valence-electron chi connectivity index (χ3n) is 2.94. The summed E-state index contributed by atoms with van der Waals surface area (Å²) in [5, 5.41) is 0. The van der Waals surface area contributed by atoms with Crippen molar-refractivity contribution in [2.75, 3.05) is 26.3 Å². The van der Waals surface area contributed by atoms with Crippen LogP contribution in [0.1, 0.15) is 15.9 Å². The minimum Gasteiger partial charge on any atom is -0.379 e. The van der Waals surface area contributed by atoms with Gasteiger partial charge in [-0.25, -0.2) is 8.42 Å². The third kappa shape index (κ3) is 2.45. The quantitative estimate of drug-likeness (QED) is 0.762. The summed E-state index contributed by atoms with van der Waals surface area (Å²) < 4.78 is 31.4. The first-order valence-corrected chi connectivity index (χ1v) is 7.13. The fraction of sp³-hybridized carbons (Fsp3) is 0.417. The molecular weight excluding hydrogens is 254 g/mol. The number of aldehydes is 1. The van der Waals surface area contributed by atoms with Crippen LogP contribution in [-0.2, 0) is 14.8 Å². The Morgan fingerprint density at radius 3 is 2.56 bits per heavy atom. The van der Waals surface area contributed by atoms with Crippen molar-refractivity contribution in [1.29, 1.82) is 0 Å². The number of benzene rings is 1. The van der Waals surface area contributed by atoms with Crippen molar-refractivity contribution in [1.82, 2.24) is 4.31 Å². The molecule has 2 rings (SSSR count). The Balaban J connectivity index is 2.42. The Morgan fingerprint density at radius 2 is 1.94 bits per heavy atom. The van der Waals surface area contributed by atoms with Crippen LogP contribution in [0.5, 0.6) is 0 Å². The van der Waals surface area contributed by atoms with E-state index in [1.165, 1.54) is 10.4 Å². The summed E-state index contributed by atoms with van der Waals surface area (Å²) in [4.78, 5) is 10.9. The van der Waals surface area contributed by atoms with E-state index in [1.54, 1.807) is 19.1 Å². The van der Waals surface area contributed by atoms with E-state index in [4.69, 9.17) is 4.74 Å². The summed E-state index contributed by atoms with van der Waals surface area (Å²) >= 11 is 0. The number of morpholine rings is 1. The zero-order valence-electron chi connectivity index (χ0n) is 10.1.